The number of carbonyl (C=O) groups excluding carboxylic acids is 2. The van der Waals surface area contributed by atoms with E-state index in [4.69, 9.17) is 44.3 Å². The van der Waals surface area contributed by atoms with Gasteiger partial charge in [0, 0.05) is 63.5 Å². The van der Waals surface area contributed by atoms with Crippen molar-refractivity contribution in [1.29, 1.82) is 0 Å². The van der Waals surface area contributed by atoms with E-state index in [0.29, 0.717) is 57.1 Å². The molecule has 0 aromatic heterocycles. The number of ether oxygens (including phenoxy) is 2. The first kappa shape index (κ1) is 33.6. The van der Waals surface area contributed by atoms with E-state index in [0.717, 1.165) is 41.8 Å². The lowest BCUT2D eigenvalue weighted by atomic mass is 9.63. The summed E-state index contributed by atoms with van der Waals surface area (Å²) in [6.07, 6.45) is 3.08. The molecule has 6 rings (SSSR count). The average Bonchev–Trinajstić information content (AvgIpc) is 2.99. The number of ketones is 2. The van der Waals surface area contributed by atoms with Crippen molar-refractivity contribution in [2.45, 2.75) is 72.3 Å². The van der Waals surface area contributed by atoms with Gasteiger partial charge in [-0.3, -0.25) is 9.59 Å². The van der Waals surface area contributed by atoms with Gasteiger partial charge in [-0.05, 0) is 65.5 Å². The lowest BCUT2D eigenvalue weighted by molar-refractivity contribution is -0.119. The summed E-state index contributed by atoms with van der Waals surface area (Å²) in [5.74, 6) is 0.373. The minimum atomic E-state index is -0.550. The van der Waals surface area contributed by atoms with Crippen LogP contribution < -0.4 is 9.47 Å². The molecule has 3 aliphatic rings. The molecule has 3 aromatic rings. The monoisotopic (exact) mass is 691 g/mol. The first-order valence-corrected chi connectivity index (χ1v) is 17.2. The highest BCUT2D eigenvalue weighted by Crippen LogP contribution is 2.55. The van der Waals surface area contributed by atoms with Crippen LogP contribution in [0.4, 0.5) is 0 Å². The molecule has 3 aromatic carbocycles. The van der Waals surface area contributed by atoms with E-state index < -0.39 is 5.92 Å². The number of Topliss-reactive ketones (excluding diaryl/α,β-unsaturated/α-hetero) is 2. The lowest BCUT2D eigenvalue weighted by Crippen LogP contribution is -2.45. The summed E-state index contributed by atoms with van der Waals surface area (Å²) in [6, 6.07) is 19.3. The standard InChI is InChI=1S/C39H40Cl3NO4/c1-38(2)18-29-35(31(44)20-38)34(25-15-28(42)37(33(16-25)46-5)47-22-24-11-12-26(40)17-27(24)41)36-30(19-39(3,4)21-32(36)45)43(29)14-13-23-9-7-6-8-10-23/h6-12,15-17,34H,13-14,18-22H2,1-5H3. The van der Waals surface area contributed by atoms with Gasteiger partial charge in [0.1, 0.15) is 6.61 Å². The predicted octanol–water partition coefficient (Wildman–Crippen LogP) is 10.2. The molecule has 0 amide bonds. The highest BCUT2D eigenvalue weighted by molar-refractivity contribution is 6.35. The van der Waals surface area contributed by atoms with Gasteiger partial charge in [0.25, 0.3) is 0 Å². The van der Waals surface area contributed by atoms with Crippen LogP contribution in [0.2, 0.25) is 15.1 Å². The van der Waals surface area contributed by atoms with Crippen LogP contribution in [0.1, 0.15) is 76.0 Å². The Morgan fingerprint density at radius 1 is 0.787 bits per heavy atom. The van der Waals surface area contributed by atoms with E-state index in [-0.39, 0.29) is 29.0 Å². The third-order valence-electron chi connectivity index (χ3n) is 9.46. The van der Waals surface area contributed by atoms with Crippen molar-refractivity contribution in [3.05, 3.63) is 115 Å². The number of hydrogen-bond donors (Lipinski definition) is 0. The van der Waals surface area contributed by atoms with E-state index in [1.54, 1.807) is 25.3 Å². The Morgan fingerprint density at radius 2 is 1.40 bits per heavy atom. The summed E-state index contributed by atoms with van der Waals surface area (Å²) in [6.45, 7) is 9.44. The van der Waals surface area contributed by atoms with Crippen molar-refractivity contribution >= 4 is 46.4 Å². The largest absolute Gasteiger partial charge is 0.493 e. The zero-order chi connectivity index (χ0) is 33.7. The number of allylic oxidation sites excluding steroid dienone is 4. The molecule has 0 N–H and O–H groups in total. The second kappa shape index (κ2) is 13.0. The molecule has 5 nitrogen and oxygen atoms in total. The molecule has 0 saturated carbocycles. The zero-order valence-electron chi connectivity index (χ0n) is 27.5. The molecule has 1 aliphatic heterocycles. The smallest absolute Gasteiger partial charge is 0.180 e. The quantitative estimate of drug-likeness (QED) is 0.235. The highest BCUT2D eigenvalue weighted by Gasteiger charge is 2.49. The van der Waals surface area contributed by atoms with Crippen molar-refractivity contribution in [2.24, 2.45) is 10.8 Å². The van der Waals surface area contributed by atoms with Crippen LogP contribution in [0.25, 0.3) is 0 Å². The summed E-state index contributed by atoms with van der Waals surface area (Å²) in [7, 11) is 1.56. The van der Waals surface area contributed by atoms with E-state index in [9.17, 15) is 9.59 Å². The van der Waals surface area contributed by atoms with Crippen molar-refractivity contribution in [3.63, 3.8) is 0 Å². The van der Waals surface area contributed by atoms with Gasteiger partial charge in [-0.2, -0.15) is 0 Å². The van der Waals surface area contributed by atoms with E-state index in [1.165, 1.54) is 5.56 Å². The van der Waals surface area contributed by atoms with E-state index >= 15 is 0 Å². The van der Waals surface area contributed by atoms with Gasteiger partial charge >= 0.3 is 0 Å². The van der Waals surface area contributed by atoms with Gasteiger partial charge in [-0.25, -0.2) is 0 Å². The number of halogens is 3. The van der Waals surface area contributed by atoms with Crippen molar-refractivity contribution < 1.29 is 19.1 Å². The third-order valence-corrected chi connectivity index (χ3v) is 10.3. The van der Waals surface area contributed by atoms with Gasteiger partial charge in [0.05, 0.1) is 12.1 Å². The minimum Gasteiger partial charge on any atom is -0.493 e. The summed E-state index contributed by atoms with van der Waals surface area (Å²) in [4.78, 5) is 30.8. The van der Waals surface area contributed by atoms with Gasteiger partial charge in [0.15, 0.2) is 23.1 Å². The summed E-state index contributed by atoms with van der Waals surface area (Å²) >= 11 is 19.4. The topological polar surface area (TPSA) is 55.8 Å². The fraction of sp³-hybridized carbons (Fsp3) is 0.385. The summed E-state index contributed by atoms with van der Waals surface area (Å²) in [5, 5.41) is 1.35. The van der Waals surface area contributed by atoms with Crippen LogP contribution in [-0.4, -0.2) is 30.1 Å². The van der Waals surface area contributed by atoms with Crippen LogP contribution in [0.5, 0.6) is 11.5 Å². The fourth-order valence-corrected chi connectivity index (χ4v) is 8.11. The predicted molar refractivity (Wildman–Crippen MR) is 188 cm³/mol. The zero-order valence-corrected chi connectivity index (χ0v) is 29.8. The first-order valence-electron chi connectivity index (χ1n) is 16.0. The Bertz CT molecular complexity index is 1750. The minimum absolute atomic E-state index is 0.0722. The Kier molecular flexibility index (Phi) is 9.30. The Labute approximate surface area is 292 Å². The molecule has 47 heavy (non-hydrogen) atoms. The summed E-state index contributed by atoms with van der Waals surface area (Å²) < 4.78 is 12.0. The number of carbonyl (C=O) groups is 2. The van der Waals surface area contributed by atoms with Gasteiger partial charge in [-0.15, -0.1) is 0 Å². The fourth-order valence-electron chi connectivity index (χ4n) is 7.37. The second-order valence-corrected chi connectivity index (χ2v) is 15.7. The van der Waals surface area contributed by atoms with Crippen LogP contribution in [0.3, 0.4) is 0 Å². The number of hydrogen-bond acceptors (Lipinski definition) is 5. The van der Waals surface area contributed by atoms with Crippen LogP contribution in [-0.2, 0) is 22.6 Å². The molecule has 0 radical (unpaired) electrons. The molecule has 2 aliphatic carbocycles. The van der Waals surface area contributed by atoms with Crippen molar-refractivity contribution in [2.75, 3.05) is 13.7 Å². The van der Waals surface area contributed by atoms with Crippen molar-refractivity contribution in [1.82, 2.24) is 4.90 Å². The maximum Gasteiger partial charge on any atom is 0.180 e. The molecular weight excluding hydrogens is 653 g/mol. The third kappa shape index (κ3) is 6.86. The van der Waals surface area contributed by atoms with E-state index in [1.807, 2.05) is 30.3 Å². The molecule has 0 unspecified atom stereocenters. The Balaban J connectivity index is 1.47. The molecular formula is C39H40Cl3NO4. The molecule has 8 heteroatoms. The maximum atomic E-state index is 14.2. The summed E-state index contributed by atoms with van der Waals surface area (Å²) in [5.41, 5.74) is 5.71. The number of benzene rings is 3. The van der Waals surface area contributed by atoms with Crippen LogP contribution in [0.15, 0.2) is 83.2 Å². The molecule has 0 fully saturated rings. The van der Waals surface area contributed by atoms with Crippen molar-refractivity contribution in [3.8, 4) is 11.5 Å². The van der Waals surface area contributed by atoms with Crippen LogP contribution in [0, 0.1) is 10.8 Å². The molecule has 0 saturated heterocycles. The Morgan fingerprint density at radius 3 is 1.98 bits per heavy atom. The maximum absolute atomic E-state index is 14.2. The molecule has 246 valence electrons. The Hall–Kier alpha value is -3.25. The average molecular weight is 693 g/mol. The lowest BCUT2D eigenvalue weighted by Gasteiger charge is -2.49. The highest BCUT2D eigenvalue weighted by atomic mass is 35.5. The molecule has 1 heterocycles. The number of rotatable bonds is 8. The van der Waals surface area contributed by atoms with E-state index in [2.05, 4.69) is 44.7 Å². The van der Waals surface area contributed by atoms with Gasteiger partial charge in [-0.1, -0.05) is 98.9 Å². The normalized spacial score (nSPS) is 19.1. The SMILES string of the molecule is COc1cc(C2C3=C(CC(C)(C)CC3=O)N(CCc3ccccc3)C3=C2C(=O)CC(C)(C)C3)cc(Cl)c1OCc1ccc(Cl)cc1Cl. The molecule has 0 atom stereocenters. The van der Waals surface area contributed by atoms with Crippen LogP contribution >= 0.6 is 34.8 Å². The van der Waals surface area contributed by atoms with Gasteiger partial charge < -0.3 is 14.4 Å². The number of nitrogens with zero attached hydrogens (tertiary/aromatic N) is 1. The molecule has 0 bridgehead atoms. The van der Waals surface area contributed by atoms with Gasteiger partial charge in [0.2, 0.25) is 0 Å². The second-order valence-electron chi connectivity index (χ2n) is 14.5. The number of methoxy groups -OCH3 is 1. The molecule has 0 spiro atoms. The first-order chi connectivity index (χ1) is 22.3.